The molecule has 0 bridgehead atoms. The molecule has 0 spiro atoms. The molecule has 27 heteroatoms. The Balaban J connectivity index is 2.15. The number of hydrogen-bond donors (Lipinski definition) is 3. The van der Waals surface area contributed by atoms with Crippen LogP contribution in [-0.2, 0) is 80.1 Å². The quantitative estimate of drug-likeness (QED) is 0.0572. The van der Waals surface area contributed by atoms with E-state index in [2.05, 4.69) is 19.2 Å². The Morgan fingerprint density at radius 3 is 1.75 bits per heavy atom. The fraction of sp³-hybridized carbons (Fsp3) is 0.406. The van der Waals surface area contributed by atoms with Crippen LogP contribution in [0, 0.1) is 0 Å². The van der Waals surface area contributed by atoms with E-state index in [9.17, 15) is 73.1 Å². The van der Waals surface area contributed by atoms with Crippen molar-refractivity contribution in [3.63, 3.8) is 0 Å². The molecule has 1 heterocycles. The molecule has 324 valence electrons. The van der Waals surface area contributed by atoms with E-state index in [1.165, 1.54) is 42.5 Å². The first-order valence-electron chi connectivity index (χ1n) is 16.1. The maximum absolute atomic E-state index is 14.1. The highest BCUT2D eigenvalue weighted by Gasteiger charge is 2.62. The van der Waals surface area contributed by atoms with Gasteiger partial charge in [-0.05, 0) is 17.5 Å². The highest BCUT2D eigenvalue weighted by Crippen LogP contribution is 2.36. The smallest absolute Gasteiger partial charge is 0.424 e. The number of benzene rings is 2. The third kappa shape index (κ3) is 12.5. The summed E-state index contributed by atoms with van der Waals surface area (Å²) in [6.07, 6.45) is -20.8. The van der Waals surface area contributed by atoms with Gasteiger partial charge >= 0.3 is 54.3 Å². The summed E-state index contributed by atoms with van der Waals surface area (Å²) in [6, 6.07) is 13.4. The molecular formula is C32H29F9N4O14. The maximum atomic E-state index is 14.1. The standard InChI is InChI=1S/C32H29F9N4O14/c33-30(34,35)24(50)54-27(43,17-53-16-19-10-5-2-6-11-19)21(47)57-45-13-7-12-29(45,23(49)58-59-26(52)32(39,40)41)56-22(48)28(44-20(46)15-42,55-25(51)31(36,37)38)14-18-8-3-1-4-9-18/h1-6,8-11H,7,12-17,42-43H2,(H,44,46). The summed E-state index contributed by atoms with van der Waals surface area (Å²) < 4.78 is 138. The normalized spacial score (nSPS) is 17.9. The Morgan fingerprint density at radius 2 is 1.22 bits per heavy atom. The molecule has 3 unspecified atom stereocenters. The van der Waals surface area contributed by atoms with Gasteiger partial charge < -0.3 is 34.8 Å². The number of nitrogens with zero attached hydrogens (tertiary/aromatic N) is 1. The van der Waals surface area contributed by atoms with Crippen LogP contribution in [-0.4, -0.2) is 102 Å². The number of ether oxygens (including phenoxy) is 4. The zero-order valence-corrected chi connectivity index (χ0v) is 29.4. The second kappa shape index (κ2) is 18.7. The molecular weight excluding hydrogens is 835 g/mol. The Bertz CT molecular complexity index is 1870. The van der Waals surface area contributed by atoms with E-state index < -0.39 is 123 Å². The number of hydroxylamine groups is 2. The second-order valence-electron chi connectivity index (χ2n) is 11.9. The lowest BCUT2D eigenvalue weighted by molar-refractivity contribution is -0.321. The molecule has 0 radical (unpaired) electrons. The molecule has 18 nitrogen and oxygen atoms in total. The van der Waals surface area contributed by atoms with E-state index in [1.807, 2.05) is 0 Å². The van der Waals surface area contributed by atoms with Crippen molar-refractivity contribution in [2.24, 2.45) is 11.5 Å². The van der Waals surface area contributed by atoms with E-state index in [1.54, 1.807) is 11.4 Å². The number of esters is 3. The summed E-state index contributed by atoms with van der Waals surface area (Å²) in [5.74, 6) is -18.3. The first-order chi connectivity index (χ1) is 27.3. The minimum Gasteiger partial charge on any atom is -0.424 e. The summed E-state index contributed by atoms with van der Waals surface area (Å²) in [4.78, 5) is 101. The summed E-state index contributed by atoms with van der Waals surface area (Å²) >= 11 is 0. The third-order valence-electron chi connectivity index (χ3n) is 7.41. The molecule has 1 aliphatic heterocycles. The monoisotopic (exact) mass is 864 g/mol. The predicted molar refractivity (Wildman–Crippen MR) is 166 cm³/mol. The van der Waals surface area contributed by atoms with Crippen LogP contribution in [0.5, 0.6) is 0 Å². The average Bonchev–Trinajstić information content (AvgIpc) is 3.55. The SMILES string of the molecule is NCC(=O)NC(Cc1ccccc1)(OC(=O)C(F)(F)F)C(=O)OC1(C(=O)OOC(=O)C(F)(F)F)CCCN1OC(=O)C(N)(COCc1ccccc1)OC(=O)C(F)(F)F. The lowest BCUT2D eigenvalue weighted by Crippen LogP contribution is -2.66. The summed E-state index contributed by atoms with van der Waals surface area (Å²) in [5, 5.41) is 1.40. The Hall–Kier alpha value is -6.06. The van der Waals surface area contributed by atoms with E-state index in [0.29, 0.717) is 5.56 Å². The number of halogens is 9. The van der Waals surface area contributed by atoms with Gasteiger partial charge in [0.25, 0.3) is 17.2 Å². The van der Waals surface area contributed by atoms with Gasteiger partial charge in [0.1, 0.15) is 6.61 Å². The molecule has 0 saturated carbocycles. The number of rotatable bonds is 15. The summed E-state index contributed by atoms with van der Waals surface area (Å²) in [7, 11) is 0. The third-order valence-corrected chi connectivity index (χ3v) is 7.41. The van der Waals surface area contributed by atoms with Crippen LogP contribution in [0.1, 0.15) is 24.0 Å². The number of amides is 1. The van der Waals surface area contributed by atoms with Gasteiger partial charge in [0.05, 0.1) is 13.2 Å². The van der Waals surface area contributed by atoms with E-state index in [0.717, 1.165) is 12.1 Å². The predicted octanol–water partition coefficient (Wildman–Crippen LogP) is 1.44. The first kappa shape index (κ1) is 47.3. The number of alkyl halides is 9. The van der Waals surface area contributed by atoms with Gasteiger partial charge in [-0.1, -0.05) is 65.7 Å². The molecule has 3 rings (SSSR count). The van der Waals surface area contributed by atoms with Crippen LogP contribution in [0.4, 0.5) is 39.5 Å². The molecule has 0 aliphatic carbocycles. The Labute approximate surface area is 323 Å². The van der Waals surface area contributed by atoms with E-state index >= 15 is 0 Å². The van der Waals surface area contributed by atoms with Crippen LogP contribution in [0.25, 0.3) is 0 Å². The zero-order valence-electron chi connectivity index (χ0n) is 29.4. The van der Waals surface area contributed by atoms with Gasteiger partial charge in [0.2, 0.25) is 5.91 Å². The average molecular weight is 865 g/mol. The van der Waals surface area contributed by atoms with Gasteiger partial charge in [0, 0.05) is 19.4 Å². The van der Waals surface area contributed by atoms with Crippen LogP contribution in [0.2, 0.25) is 0 Å². The minimum absolute atomic E-state index is 0.194. The van der Waals surface area contributed by atoms with Gasteiger partial charge in [-0.15, -0.1) is 0 Å². The van der Waals surface area contributed by atoms with Crippen LogP contribution in [0.15, 0.2) is 60.7 Å². The van der Waals surface area contributed by atoms with Crippen molar-refractivity contribution in [2.45, 2.75) is 61.6 Å². The highest BCUT2D eigenvalue weighted by molar-refractivity contribution is 5.93. The van der Waals surface area contributed by atoms with Crippen molar-refractivity contribution < 1.29 is 107 Å². The lowest BCUT2D eigenvalue weighted by Gasteiger charge is -2.38. The Kier molecular flexibility index (Phi) is 15.0. The zero-order chi connectivity index (χ0) is 44.5. The van der Waals surface area contributed by atoms with Crippen molar-refractivity contribution in [1.29, 1.82) is 0 Å². The van der Waals surface area contributed by atoms with Gasteiger partial charge in [0.15, 0.2) is 0 Å². The van der Waals surface area contributed by atoms with Crippen molar-refractivity contribution in [3.8, 4) is 0 Å². The fourth-order valence-corrected chi connectivity index (χ4v) is 4.73. The number of nitrogens with two attached hydrogens (primary N) is 2. The van der Waals surface area contributed by atoms with Crippen molar-refractivity contribution in [1.82, 2.24) is 10.4 Å². The molecule has 0 aromatic heterocycles. The summed E-state index contributed by atoms with van der Waals surface area (Å²) in [5.41, 5.74) is -0.0279. The topological polar surface area (TPSA) is 251 Å². The van der Waals surface area contributed by atoms with Crippen molar-refractivity contribution in [3.05, 3.63) is 71.8 Å². The first-order valence-corrected chi connectivity index (χ1v) is 16.1. The fourth-order valence-electron chi connectivity index (χ4n) is 4.73. The Morgan fingerprint density at radius 1 is 0.695 bits per heavy atom. The lowest BCUT2D eigenvalue weighted by atomic mass is 10.0. The highest BCUT2D eigenvalue weighted by atomic mass is 19.4. The molecule has 1 fully saturated rings. The van der Waals surface area contributed by atoms with Gasteiger partial charge in [-0.25, -0.2) is 38.5 Å². The van der Waals surface area contributed by atoms with Crippen molar-refractivity contribution in [2.75, 3.05) is 19.7 Å². The molecule has 2 aromatic rings. The number of carbonyl (C=O) groups excluding carboxylic acids is 7. The maximum Gasteiger partial charge on any atom is 0.495 e. The van der Waals surface area contributed by atoms with E-state index in [4.69, 9.17) is 25.8 Å². The molecule has 1 amide bonds. The van der Waals surface area contributed by atoms with Crippen LogP contribution in [0.3, 0.4) is 0 Å². The second-order valence-corrected chi connectivity index (χ2v) is 11.9. The molecule has 59 heavy (non-hydrogen) atoms. The molecule has 1 aliphatic rings. The van der Waals surface area contributed by atoms with E-state index in [-0.39, 0.29) is 10.6 Å². The number of nitrogens with one attached hydrogen (secondary N) is 1. The number of hydrogen-bond acceptors (Lipinski definition) is 17. The largest absolute Gasteiger partial charge is 0.495 e. The molecule has 5 N–H and O–H groups in total. The minimum atomic E-state index is -5.94. The van der Waals surface area contributed by atoms with Gasteiger partial charge in [-0.2, -0.15) is 39.5 Å². The molecule has 2 aromatic carbocycles. The number of carbonyl (C=O) groups is 7. The summed E-state index contributed by atoms with van der Waals surface area (Å²) in [6.45, 7) is -4.11. The van der Waals surface area contributed by atoms with Gasteiger partial charge in [-0.3, -0.25) is 10.5 Å². The van der Waals surface area contributed by atoms with Crippen LogP contribution >= 0.6 is 0 Å². The molecule has 1 saturated heterocycles. The van der Waals surface area contributed by atoms with Crippen molar-refractivity contribution >= 4 is 41.7 Å². The molecule has 3 atom stereocenters. The van der Waals surface area contributed by atoms with Crippen LogP contribution < -0.4 is 16.8 Å².